The van der Waals surface area contributed by atoms with E-state index in [2.05, 4.69) is 82.4 Å². The molecule has 0 amide bonds. The van der Waals surface area contributed by atoms with Gasteiger partial charge in [0.15, 0.2) is 0 Å². The molecule has 1 fully saturated rings. The third-order valence-corrected chi connectivity index (χ3v) is 4.98. The van der Waals surface area contributed by atoms with E-state index >= 15 is 0 Å². The fourth-order valence-electron chi connectivity index (χ4n) is 3.06. The van der Waals surface area contributed by atoms with Gasteiger partial charge >= 0.3 is 0 Å². The minimum Gasteiger partial charge on any atom is -0.372 e. The predicted octanol–water partition coefficient (Wildman–Crippen LogP) is 4.97. The summed E-state index contributed by atoms with van der Waals surface area (Å²) >= 11 is 3.49. The van der Waals surface area contributed by atoms with Crippen LogP contribution in [0.3, 0.4) is 0 Å². The molecule has 0 aromatic heterocycles. The molecule has 0 saturated carbocycles. The van der Waals surface area contributed by atoms with Crippen LogP contribution < -0.4 is 0 Å². The van der Waals surface area contributed by atoms with Gasteiger partial charge in [0.2, 0.25) is 0 Å². The highest BCUT2D eigenvalue weighted by Crippen LogP contribution is 2.28. The molecule has 1 aliphatic heterocycles. The summed E-state index contributed by atoms with van der Waals surface area (Å²) in [5.74, 6) is 0. The van der Waals surface area contributed by atoms with Crippen LogP contribution in [0.15, 0.2) is 59.1 Å². The number of halogens is 1. The lowest BCUT2D eigenvalue weighted by Gasteiger charge is -2.27. The molecule has 2 unspecified atom stereocenters. The first kappa shape index (κ1) is 15.7. The highest BCUT2D eigenvalue weighted by molar-refractivity contribution is 9.10. The Kier molecular flexibility index (Phi) is 5.29. The second-order valence-electron chi connectivity index (χ2n) is 5.82. The molecule has 1 aliphatic rings. The SMILES string of the molecule is CC(c1ccccc1)N1CCOC(c2ccc(Br)cc2)CC1. The molecule has 0 radical (unpaired) electrons. The van der Waals surface area contributed by atoms with Crippen molar-refractivity contribution in [3.63, 3.8) is 0 Å². The summed E-state index contributed by atoms with van der Waals surface area (Å²) < 4.78 is 7.20. The summed E-state index contributed by atoms with van der Waals surface area (Å²) in [4.78, 5) is 2.52. The quantitative estimate of drug-likeness (QED) is 0.766. The standard InChI is InChI=1S/C19H22BrNO/c1-15(16-5-3-2-4-6-16)21-12-11-19(22-14-13-21)17-7-9-18(20)10-8-17/h2-10,15,19H,11-14H2,1H3. The van der Waals surface area contributed by atoms with E-state index in [1.54, 1.807) is 0 Å². The largest absolute Gasteiger partial charge is 0.372 e. The van der Waals surface area contributed by atoms with Gasteiger partial charge in [0.1, 0.15) is 0 Å². The number of nitrogens with zero attached hydrogens (tertiary/aromatic N) is 1. The first-order valence-electron chi connectivity index (χ1n) is 7.90. The lowest BCUT2D eigenvalue weighted by molar-refractivity contribution is 0.0605. The molecule has 2 atom stereocenters. The summed E-state index contributed by atoms with van der Waals surface area (Å²) in [5, 5.41) is 0. The lowest BCUT2D eigenvalue weighted by Crippen LogP contribution is -2.29. The maximum absolute atomic E-state index is 6.09. The van der Waals surface area contributed by atoms with Gasteiger partial charge in [0.25, 0.3) is 0 Å². The van der Waals surface area contributed by atoms with Gasteiger partial charge in [-0.3, -0.25) is 4.90 Å². The van der Waals surface area contributed by atoms with Crippen LogP contribution in [0.5, 0.6) is 0 Å². The molecule has 1 saturated heterocycles. The maximum atomic E-state index is 6.09. The fraction of sp³-hybridized carbons (Fsp3) is 0.368. The molecule has 2 nitrogen and oxygen atoms in total. The number of ether oxygens (including phenoxy) is 1. The van der Waals surface area contributed by atoms with Gasteiger partial charge in [0, 0.05) is 23.6 Å². The van der Waals surface area contributed by atoms with E-state index in [4.69, 9.17) is 4.74 Å². The van der Waals surface area contributed by atoms with Crippen LogP contribution in [-0.2, 0) is 4.74 Å². The van der Waals surface area contributed by atoms with Crippen molar-refractivity contribution in [1.29, 1.82) is 0 Å². The zero-order valence-corrected chi connectivity index (χ0v) is 14.5. The summed E-state index contributed by atoms with van der Waals surface area (Å²) in [5.41, 5.74) is 2.65. The number of hydrogen-bond acceptors (Lipinski definition) is 2. The number of hydrogen-bond donors (Lipinski definition) is 0. The van der Waals surface area contributed by atoms with E-state index in [0.717, 1.165) is 30.6 Å². The molecule has 0 N–H and O–H groups in total. The molecule has 3 heteroatoms. The average molecular weight is 360 g/mol. The third kappa shape index (κ3) is 3.78. The van der Waals surface area contributed by atoms with Crippen molar-refractivity contribution in [3.8, 4) is 0 Å². The van der Waals surface area contributed by atoms with E-state index in [1.165, 1.54) is 11.1 Å². The number of benzene rings is 2. The molecule has 0 aliphatic carbocycles. The molecule has 2 aromatic rings. The van der Waals surface area contributed by atoms with E-state index in [-0.39, 0.29) is 6.10 Å². The lowest BCUT2D eigenvalue weighted by atomic mass is 10.0. The van der Waals surface area contributed by atoms with Crippen molar-refractivity contribution >= 4 is 15.9 Å². The van der Waals surface area contributed by atoms with Crippen LogP contribution in [-0.4, -0.2) is 24.6 Å². The van der Waals surface area contributed by atoms with Crippen molar-refractivity contribution in [2.24, 2.45) is 0 Å². The highest BCUT2D eigenvalue weighted by Gasteiger charge is 2.22. The van der Waals surface area contributed by atoms with E-state index in [9.17, 15) is 0 Å². The minimum atomic E-state index is 0.209. The summed E-state index contributed by atoms with van der Waals surface area (Å²) in [6, 6.07) is 19.7. The van der Waals surface area contributed by atoms with Gasteiger partial charge in [-0.2, -0.15) is 0 Å². The molecule has 116 valence electrons. The Labute approximate surface area is 141 Å². The van der Waals surface area contributed by atoms with Crippen molar-refractivity contribution in [2.45, 2.75) is 25.5 Å². The van der Waals surface area contributed by atoms with Crippen molar-refractivity contribution in [2.75, 3.05) is 19.7 Å². The molecule has 0 spiro atoms. The van der Waals surface area contributed by atoms with Crippen molar-refractivity contribution < 1.29 is 4.74 Å². The first-order valence-corrected chi connectivity index (χ1v) is 8.69. The topological polar surface area (TPSA) is 12.5 Å². The Morgan fingerprint density at radius 2 is 1.77 bits per heavy atom. The Morgan fingerprint density at radius 1 is 1.05 bits per heavy atom. The van der Waals surface area contributed by atoms with Crippen LogP contribution in [0.2, 0.25) is 0 Å². The van der Waals surface area contributed by atoms with Gasteiger partial charge in [-0.25, -0.2) is 0 Å². The molecule has 22 heavy (non-hydrogen) atoms. The molecular weight excluding hydrogens is 338 g/mol. The van der Waals surface area contributed by atoms with Crippen molar-refractivity contribution in [1.82, 2.24) is 4.90 Å². The maximum Gasteiger partial charge on any atom is 0.0837 e. The Hall–Kier alpha value is -1.16. The molecular formula is C19H22BrNO. The Balaban J connectivity index is 1.66. The summed E-state index contributed by atoms with van der Waals surface area (Å²) in [6.45, 7) is 5.13. The smallest absolute Gasteiger partial charge is 0.0837 e. The third-order valence-electron chi connectivity index (χ3n) is 4.45. The second kappa shape index (κ2) is 7.40. The van der Waals surface area contributed by atoms with Gasteiger partial charge in [-0.05, 0) is 36.6 Å². The van der Waals surface area contributed by atoms with E-state index in [0.29, 0.717) is 6.04 Å². The fourth-order valence-corrected chi connectivity index (χ4v) is 3.32. The summed E-state index contributed by atoms with van der Waals surface area (Å²) in [6.07, 6.45) is 1.25. The van der Waals surface area contributed by atoms with Crippen LogP contribution >= 0.6 is 15.9 Å². The summed E-state index contributed by atoms with van der Waals surface area (Å²) in [7, 11) is 0. The second-order valence-corrected chi connectivity index (χ2v) is 6.74. The van der Waals surface area contributed by atoms with Crippen LogP contribution in [0.4, 0.5) is 0 Å². The van der Waals surface area contributed by atoms with Gasteiger partial charge < -0.3 is 4.74 Å². The molecule has 3 rings (SSSR count). The van der Waals surface area contributed by atoms with E-state index < -0.39 is 0 Å². The normalized spacial score (nSPS) is 21.3. The van der Waals surface area contributed by atoms with Crippen LogP contribution in [0.25, 0.3) is 0 Å². The van der Waals surface area contributed by atoms with Gasteiger partial charge in [-0.15, -0.1) is 0 Å². The van der Waals surface area contributed by atoms with E-state index in [1.807, 2.05) is 0 Å². The Bertz CT molecular complexity index is 584. The highest BCUT2D eigenvalue weighted by atomic mass is 79.9. The van der Waals surface area contributed by atoms with Crippen molar-refractivity contribution in [3.05, 3.63) is 70.2 Å². The first-order chi connectivity index (χ1) is 10.7. The van der Waals surface area contributed by atoms with Crippen LogP contribution in [0, 0.1) is 0 Å². The van der Waals surface area contributed by atoms with Crippen LogP contribution in [0.1, 0.15) is 36.6 Å². The molecule has 2 aromatic carbocycles. The Morgan fingerprint density at radius 3 is 2.50 bits per heavy atom. The predicted molar refractivity (Wildman–Crippen MR) is 93.9 cm³/mol. The van der Waals surface area contributed by atoms with Gasteiger partial charge in [0.05, 0.1) is 12.7 Å². The monoisotopic (exact) mass is 359 g/mol. The molecule has 1 heterocycles. The number of rotatable bonds is 3. The average Bonchev–Trinajstić information content (AvgIpc) is 2.82. The zero-order valence-electron chi connectivity index (χ0n) is 12.9. The zero-order chi connectivity index (χ0) is 15.4. The molecule has 0 bridgehead atoms. The van der Waals surface area contributed by atoms with Gasteiger partial charge in [-0.1, -0.05) is 58.4 Å². The minimum absolute atomic E-state index is 0.209.